The number of hydrogen-bond donors (Lipinski definition) is 14. The normalized spacial score (nSPS) is 14.7. The van der Waals surface area contributed by atoms with E-state index in [1.54, 1.807) is 20.0 Å². The summed E-state index contributed by atoms with van der Waals surface area (Å²) >= 11 is 0. The van der Waals surface area contributed by atoms with Crippen molar-refractivity contribution in [1.29, 1.82) is 0 Å². The minimum atomic E-state index is -1.30. The second-order valence-corrected chi connectivity index (χ2v) is 17.2. The number of H-pyrrole nitrogens is 1. The maximum Gasteiger partial charge on any atom is 0.325 e. The Morgan fingerprint density at radius 3 is 1.67 bits per heavy atom. The number of unbranched alkanes of at least 4 members (excludes halogenated alkanes) is 1. The largest absolute Gasteiger partial charge is 0.480 e. The van der Waals surface area contributed by atoms with E-state index in [2.05, 4.69) is 46.9 Å². The summed E-state index contributed by atoms with van der Waals surface area (Å²) in [5.74, 6) is -6.41. The second kappa shape index (κ2) is 29.2. The Bertz CT molecular complexity index is 2000. The number of nitrogens with one attached hydrogen (secondary N) is 7. The van der Waals surface area contributed by atoms with Crippen LogP contribution in [-0.2, 0) is 40.0 Å². The Labute approximate surface area is 392 Å². The highest BCUT2D eigenvalue weighted by atomic mass is 16.4. The second-order valence-electron chi connectivity index (χ2n) is 17.2. The third-order valence-electron chi connectivity index (χ3n) is 11.1. The van der Waals surface area contributed by atoms with E-state index in [-0.39, 0.29) is 75.9 Å². The predicted octanol–water partition coefficient (Wildman–Crippen LogP) is -1.62. The van der Waals surface area contributed by atoms with Crippen molar-refractivity contribution in [2.24, 2.45) is 56.2 Å². The van der Waals surface area contributed by atoms with Crippen molar-refractivity contribution < 1.29 is 38.7 Å². The molecule has 20 N–H and O–H groups in total. The Morgan fingerprint density at radius 1 is 0.657 bits per heavy atom. The molecule has 1 aromatic heterocycles. The molecule has 0 aliphatic carbocycles. The monoisotopic (exact) mass is 942 g/mol. The molecule has 23 nitrogen and oxygen atoms in total. The van der Waals surface area contributed by atoms with Gasteiger partial charge in [0, 0.05) is 30.2 Å². The molecule has 0 aliphatic heterocycles. The van der Waals surface area contributed by atoms with E-state index in [4.69, 9.17) is 34.4 Å². The molecule has 0 aliphatic rings. The van der Waals surface area contributed by atoms with Crippen molar-refractivity contribution in [2.75, 3.05) is 19.6 Å². The van der Waals surface area contributed by atoms with Crippen LogP contribution in [0, 0.1) is 11.8 Å². The number of carboxylic acid groups (broad SMARTS) is 1. The minimum absolute atomic E-state index is 0.00508. The fourth-order valence-corrected chi connectivity index (χ4v) is 7.06. The summed E-state index contributed by atoms with van der Waals surface area (Å²) in [6.45, 7) is 9.06. The highest BCUT2D eigenvalue weighted by Gasteiger charge is 2.35. The zero-order chi connectivity index (χ0) is 50.2. The molecule has 0 fully saturated rings. The van der Waals surface area contributed by atoms with Crippen molar-refractivity contribution in [3.05, 3.63) is 36.0 Å². The molecule has 0 bridgehead atoms. The third-order valence-corrected chi connectivity index (χ3v) is 11.1. The van der Waals surface area contributed by atoms with E-state index in [0.717, 1.165) is 16.5 Å². The molecule has 0 saturated carbocycles. The number of hydrogen-bond acceptors (Lipinski definition) is 11. The topological polar surface area (TPSA) is 409 Å². The summed E-state index contributed by atoms with van der Waals surface area (Å²) in [5.41, 5.74) is 35.8. The molecule has 2 aromatic rings. The van der Waals surface area contributed by atoms with E-state index in [0.29, 0.717) is 25.8 Å². The minimum Gasteiger partial charge on any atom is -0.480 e. The molecule has 67 heavy (non-hydrogen) atoms. The zero-order valence-electron chi connectivity index (χ0n) is 39.4. The number of carbonyl (C=O) groups is 7. The van der Waals surface area contributed by atoms with E-state index in [1.807, 2.05) is 38.1 Å². The highest BCUT2D eigenvalue weighted by molar-refractivity contribution is 5.97. The lowest BCUT2D eigenvalue weighted by atomic mass is 9.96. The van der Waals surface area contributed by atoms with E-state index >= 15 is 0 Å². The van der Waals surface area contributed by atoms with Gasteiger partial charge in [-0.3, -0.25) is 43.5 Å². The number of aliphatic imine (C=N–C) groups is 2. The van der Waals surface area contributed by atoms with Crippen molar-refractivity contribution in [3.63, 3.8) is 0 Å². The molecule has 23 heteroatoms. The Hall–Kier alpha value is -6.49. The summed E-state index contributed by atoms with van der Waals surface area (Å²) in [7, 11) is 0. The molecular weight excluding hydrogens is 867 g/mol. The van der Waals surface area contributed by atoms with Crippen LogP contribution in [0.4, 0.5) is 0 Å². The fraction of sp³-hybridized carbons (Fsp3) is 0.614. The van der Waals surface area contributed by atoms with Crippen LogP contribution in [0.3, 0.4) is 0 Å². The number of para-hydroxylation sites is 1. The van der Waals surface area contributed by atoms with Crippen LogP contribution < -0.4 is 66.3 Å². The van der Waals surface area contributed by atoms with Gasteiger partial charge >= 0.3 is 5.97 Å². The molecule has 8 atom stereocenters. The first kappa shape index (κ1) is 56.6. The number of aromatic nitrogens is 1. The average molecular weight is 942 g/mol. The first-order valence-corrected chi connectivity index (χ1v) is 22.8. The number of rotatable bonds is 31. The van der Waals surface area contributed by atoms with Gasteiger partial charge in [-0.15, -0.1) is 0 Å². The van der Waals surface area contributed by atoms with Crippen LogP contribution in [0.1, 0.15) is 98.0 Å². The van der Waals surface area contributed by atoms with Crippen LogP contribution in [-0.4, -0.2) is 125 Å². The van der Waals surface area contributed by atoms with Crippen molar-refractivity contribution in [1.82, 2.24) is 36.9 Å². The van der Waals surface area contributed by atoms with Gasteiger partial charge in [-0.25, -0.2) is 0 Å². The Morgan fingerprint density at radius 2 is 1.15 bits per heavy atom. The number of nitrogens with zero attached hydrogens (tertiary/aromatic N) is 2. The fourth-order valence-electron chi connectivity index (χ4n) is 7.06. The standard InChI is InChI=1S/C44H75N15O8/c1-6-25(4)35(41(65)57-31(15-9-10-18-45)37(61)54-26(5)42(66)67)59-39(63)33(17-12-20-52-44(49)50)55-38(62)32(16-11-19-51-43(47)48)56-40(64)34(21-24(2)3)58-36(60)29(46)22-27-23-53-30-14-8-7-13-28(27)30/h7-8,13-14,23-26,29,31-35,53H,6,9-12,15-22,45-46H2,1-5H3,(H,54,61)(H,55,62)(H,56,64)(H,57,65)(H,58,60)(H,59,63)(H,66,67)(H4,47,48,51)(H4,49,50,52)/t25-,26-,29-,31-,32-,33-,34-,35-/m0/s1. The maximum atomic E-state index is 14.3. The first-order valence-electron chi connectivity index (χ1n) is 22.8. The molecule has 2 rings (SSSR count). The number of aromatic amines is 1. The Kier molecular flexibility index (Phi) is 24.7. The van der Waals surface area contributed by atoms with Gasteiger partial charge in [-0.2, -0.15) is 0 Å². The van der Waals surface area contributed by atoms with Crippen LogP contribution in [0.2, 0.25) is 0 Å². The lowest BCUT2D eigenvalue weighted by Gasteiger charge is -2.29. The third kappa shape index (κ3) is 20.3. The van der Waals surface area contributed by atoms with Gasteiger partial charge in [0.15, 0.2) is 11.9 Å². The number of nitrogens with two attached hydrogens (primary N) is 6. The SMILES string of the molecule is CC[C@H](C)[C@H](NC(=O)[C@H](CCCN=C(N)N)NC(=O)[C@H](CCCN=C(N)N)NC(=O)[C@H](CC(C)C)NC(=O)[C@@H](N)Cc1c[nH]c2ccccc12)C(=O)N[C@@H](CCCCN)C(=O)N[C@@H](C)C(=O)O. The van der Waals surface area contributed by atoms with Gasteiger partial charge < -0.3 is 76.4 Å². The number of carbonyl (C=O) groups excluding carboxylic acids is 6. The zero-order valence-corrected chi connectivity index (χ0v) is 39.4. The van der Waals surface area contributed by atoms with E-state index in [9.17, 15) is 38.7 Å². The number of fused-ring (bicyclic) bond motifs is 1. The summed E-state index contributed by atoms with van der Waals surface area (Å²) in [6, 6.07) is -0.707. The van der Waals surface area contributed by atoms with Crippen LogP contribution in [0.5, 0.6) is 0 Å². The van der Waals surface area contributed by atoms with Gasteiger partial charge in [0.2, 0.25) is 35.4 Å². The van der Waals surface area contributed by atoms with Crippen molar-refractivity contribution in [2.45, 2.75) is 141 Å². The summed E-state index contributed by atoms with van der Waals surface area (Å²) in [4.78, 5) is 106. The molecule has 0 spiro atoms. The quantitative estimate of drug-likeness (QED) is 0.0230. The smallest absolute Gasteiger partial charge is 0.325 e. The summed E-state index contributed by atoms with van der Waals surface area (Å²) < 4.78 is 0. The Balaban J connectivity index is 2.41. The van der Waals surface area contributed by atoms with Gasteiger partial charge in [-0.1, -0.05) is 52.3 Å². The average Bonchev–Trinajstić information content (AvgIpc) is 3.68. The molecule has 374 valence electrons. The van der Waals surface area contributed by atoms with Gasteiger partial charge in [0.05, 0.1) is 6.04 Å². The molecule has 0 unspecified atom stereocenters. The molecule has 1 aromatic carbocycles. The number of benzene rings is 1. The molecule has 0 radical (unpaired) electrons. The molecule has 1 heterocycles. The predicted molar refractivity (Wildman–Crippen MR) is 257 cm³/mol. The number of carboxylic acids is 1. The maximum absolute atomic E-state index is 14.3. The molecule has 6 amide bonds. The lowest BCUT2D eigenvalue weighted by Crippen LogP contribution is -2.60. The van der Waals surface area contributed by atoms with Gasteiger partial charge in [0.25, 0.3) is 0 Å². The van der Waals surface area contributed by atoms with Gasteiger partial charge in [-0.05, 0) is 94.7 Å². The van der Waals surface area contributed by atoms with Crippen LogP contribution in [0.25, 0.3) is 10.9 Å². The first-order chi connectivity index (χ1) is 31.7. The molecular formula is C44H75N15O8. The van der Waals surface area contributed by atoms with Gasteiger partial charge in [0.1, 0.15) is 36.3 Å². The molecule has 0 saturated heterocycles. The number of guanidine groups is 2. The van der Waals surface area contributed by atoms with E-state index < -0.39 is 89.6 Å². The van der Waals surface area contributed by atoms with Crippen LogP contribution >= 0.6 is 0 Å². The lowest BCUT2D eigenvalue weighted by molar-refractivity contribution is -0.142. The van der Waals surface area contributed by atoms with E-state index in [1.165, 1.54) is 6.92 Å². The summed E-state index contributed by atoms with van der Waals surface area (Å²) in [6.07, 6.45) is 4.09. The van der Waals surface area contributed by atoms with Crippen LogP contribution in [0.15, 0.2) is 40.4 Å². The summed E-state index contributed by atoms with van der Waals surface area (Å²) in [5, 5.41) is 26.3. The van der Waals surface area contributed by atoms with Crippen molar-refractivity contribution >= 4 is 64.2 Å². The highest BCUT2D eigenvalue weighted by Crippen LogP contribution is 2.19. The van der Waals surface area contributed by atoms with Crippen molar-refractivity contribution in [3.8, 4) is 0 Å². The number of amides is 6. The number of aliphatic carboxylic acids is 1.